The maximum atomic E-state index is 10.4. The van der Waals surface area contributed by atoms with Gasteiger partial charge in [-0.1, -0.05) is 58.1 Å². The Morgan fingerprint density at radius 3 is 2.40 bits per heavy atom. The molecule has 1 unspecified atom stereocenters. The van der Waals surface area contributed by atoms with Gasteiger partial charge in [0.25, 0.3) is 0 Å². The molecule has 2 heteroatoms. The molecule has 0 aliphatic carbocycles. The van der Waals surface area contributed by atoms with Crippen LogP contribution in [-0.2, 0) is 4.79 Å². The lowest BCUT2D eigenvalue weighted by Crippen LogP contribution is -2.28. The van der Waals surface area contributed by atoms with Crippen molar-refractivity contribution in [3.05, 3.63) is 12.2 Å². The standard InChI is InChI=1S/C13H24O2/c1-3-4-5-6-7-8-9-10-11-12(2)13(14)15/h10-12H,3-9H2,1-2H3,(H,14,15)/p-1/b11-10+. The summed E-state index contributed by atoms with van der Waals surface area (Å²) < 4.78 is 0. The van der Waals surface area contributed by atoms with Crippen LogP contribution in [0.4, 0.5) is 0 Å². The maximum absolute atomic E-state index is 10.4. The van der Waals surface area contributed by atoms with Gasteiger partial charge in [-0.2, -0.15) is 0 Å². The fourth-order valence-electron chi connectivity index (χ4n) is 1.42. The Hall–Kier alpha value is -0.790. The molecule has 0 heterocycles. The summed E-state index contributed by atoms with van der Waals surface area (Å²) >= 11 is 0. The number of hydrogen-bond donors (Lipinski definition) is 0. The van der Waals surface area contributed by atoms with Crippen molar-refractivity contribution < 1.29 is 9.90 Å². The van der Waals surface area contributed by atoms with Gasteiger partial charge < -0.3 is 9.90 Å². The Bertz CT molecular complexity index is 185. The van der Waals surface area contributed by atoms with Crippen molar-refractivity contribution in [2.75, 3.05) is 0 Å². The number of hydrogen-bond acceptors (Lipinski definition) is 2. The molecule has 2 nitrogen and oxygen atoms in total. The van der Waals surface area contributed by atoms with Crippen LogP contribution in [0.25, 0.3) is 0 Å². The van der Waals surface area contributed by atoms with Crippen LogP contribution in [0.3, 0.4) is 0 Å². The van der Waals surface area contributed by atoms with E-state index in [2.05, 4.69) is 6.92 Å². The molecule has 0 saturated heterocycles. The summed E-state index contributed by atoms with van der Waals surface area (Å²) in [4.78, 5) is 10.4. The predicted molar refractivity (Wildman–Crippen MR) is 61.3 cm³/mol. The molecule has 0 spiro atoms. The highest BCUT2D eigenvalue weighted by atomic mass is 16.4. The normalized spacial score (nSPS) is 13.2. The summed E-state index contributed by atoms with van der Waals surface area (Å²) in [6, 6.07) is 0. The molecule has 0 N–H and O–H groups in total. The van der Waals surface area contributed by atoms with Crippen LogP contribution in [0.15, 0.2) is 12.2 Å². The minimum atomic E-state index is -0.991. The van der Waals surface area contributed by atoms with E-state index in [9.17, 15) is 9.90 Å². The van der Waals surface area contributed by atoms with Crippen molar-refractivity contribution in [2.45, 2.75) is 58.8 Å². The van der Waals surface area contributed by atoms with Gasteiger partial charge in [-0.05, 0) is 12.8 Å². The van der Waals surface area contributed by atoms with E-state index in [0.717, 1.165) is 6.42 Å². The van der Waals surface area contributed by atoms with Crippen LogP contribution in [0.5, 0.6) is 0 Å². The molecular weight excluding hydrogens is 188 g/mol. The lowest BCUT2D eigenvalue weighted by molar-refractivity contribution is -0.309. The fraction of sp³-hybridized carbons (Fsp3) is 0.769. The summed E-state index contributed by atoms with van der Waals surface area (Å²) in [7, 11) is 0. The maximum Gasteiger partial charge on any atom is 0.0480 e. The van der Waals surface area contributed by atoms with E-state index in [0.29, 0.717) is 0 Å². The van der Waals surface area contributed by atoms with Crippen LogP contribution in [-0.4, -0.2) is 5.97 Å². The van der Waals surface area contributed by atoms with Gasteiger partial charge in [-0.3, -0.25) is 0 Å². The van der Waals surface area contributed by atoms with E-state index in [1.54, 1.807) is 13.0 Å². The Balaban J connectivity index is 3.27. The molecule has 0 aromatic carbocycles. The first-order chi connectivity index (χ1) is 7.18. The summed E-state index contributed by atoms with van der Waals surface area (Å²) in [6.07, 6.45) is 12.3. The molecule has 1 atom stereocenters. The number of rotatable bonds is 9. The molecule has 0 radical (unpaired) electrons. The van der Waals surface area contributed by atoms with E-state index in [-0.39, 0.29) is 0 Å². The molecule has 0 aromatic rings. The highest BCUT2D eigenvalue weighted by Gasteiger charge is 1.94. The van der Waals surface area contributed by atoms with Crippen molar-refractivity contribution in [1.29, 1.82) is 0 Å². The molecule has 0 aliphatic rings. The summed E-state index contributed by atoms with van der Waals surface area (Å²) in [5.74, 6) is -1.45. The first-order valence-electron chi connectivity index (χ1n) is 6.06. The first kappa shape index (κ1) is 14.2. The molecule has 0 amide bonds. The van der Waals surface area contributed by atoms with Gasteiger partial charge in [0, 0.05) is 11.9 Å². The molecule has 15 heavy (non-hydrogen) atoms. The molecule has 0 aliphatic heterocycles. The number of allylic oxidation sites excluding steroid dienone is 1. The van der Waals surface area contributed by atoms with Crippen LogP contribution < -0.4 is 5.11 Å². The predicted octanol–water partition coefficient (Wildman–Crippen LogP) is 2.68. The van der Waals surface area contributed by atoms with Crippen LogP contribution in [0.2, 0.25) is 0 Å². The van der Waals surface area contributed by atoms with E-state index >= 15 is 0 Å². The molecule has 0 saturated carbocycles. The summed E-state index contributed by atoms with van der Waals surface area (Å²) in [5.41, 5.74) is 0. The second-order valence-electron chi connectivity index (χ2n) is 4.09. The average Bonchev–Trinajstić information content (AvgIpc) is 2.21. The van der Waals surface area contributed by atoms with Gasteiger partial charge in [0.05, 0.1) is 0 Å². The van der Waals surface area contributed by atoms with Gasteiger partial charge in [-0.25, -0.2) is 0 Å². The third-order valence-corrected chi connectivity index (χ3v) is 2.52. The number of carboxylic acid groups (broad SMARTS) is 1. The zero-order valence-corrected chi connectivity index (χ0v) is 10.00. The summed E-state index contributed by atoms with van der Waals surface area (Å²) in [5, 5.41) is 10.4. The highest BCUT2D eigenvalue weighted by Crippen LogP contribution is 2.07. The van der Waals surface area contributed by atoms with E-state index < -0.39 is 11.9 Å². The number of aliphatic carboxylic acids is 1. The minimum Gasteiger partial charge on any atom is -0.550 e. The monoisotopic (exact) mass is 211 g/mol. The molecule has 0 bridgehead atoms. The smallest absolute Gasteiger partial charge is 0.0480 e. The molecule has 0 rings (SSSR count). The Morgan fingerprint density at radius 1 is 1.20 bits per heavy atom. The Kier molecular flexibility index (Phi) is 9.24. The topological polar surface area (TPSA) is 40.1 Å². The lowest BCUT2D eigenvalue weighted by Gasteiger charge is -2.05. The molecule has 88 valence electrons. The number of carbonyl (C=O) groups is 1. The average molecular weight is 211 g/mol. The third-order valence-electron chi connectivity index (χ3n) is 2.52. The Morgan fingerprint density at radius 2 is 1.80 bits per heavy atom. The molecular formula is C13H23O2-. The van der Waals surface area contributed by atoms with Crippen molar-refractivity contribution >= 4 is 5.97 Å². The molecule has 0 aromatic heterocycles. The van der Waals surface area contributed by atoms with Crippen molar-refractivity contribution in [3.63, 3.8) is 0 Å². The zero-order chi connectivity index (χ0) is 11.5. The SMILES string of the molecule is CCCCCCCC/C=C/C(C)C(=O)[O-]. The van der Waals surface area contributed by atoms with Crippen molar-refractivity contribution in [1.82, 2.24) is 0 Å². The number of carbonyl (C=O) groups excluding carboxylic acids is 1. The van der Waals surface area contributed by atoms with E-state index in [1.165, 1.54) is 38.5 Å². The van der Waals surface area contributed by atoms with E-state index in [1.807, 2.05) is 6.08 Å². The fourth-order valence-corrected chi connectivity index (χ4v) is 1.42. The third kappa shape index (κ3) is 9.51. The van der Waals surface area contributed by atoms with Gasteiger partial charge in [0.1, 0.15) is 0 Å². The second-order valence-corrected chi connectivity index (χ2v) is 4.09. The minimum absolute atomic E-state index is 0.454. The first-order valence-corrected chi connectivity index (χ1v) is 6.06. The highest BCUT2D eigenvalue weighted by molar-refractivity contribution is 5.69. The van der Waals surface area contributed by atoms with Crippen LogP contribution >= 0.6 is 0 Å². The molecule has 0 fully saturated rings. The lowest BCUT2D eigenvalue weighted by atomic mass is 10.1. The van der Waals surface area contributed by atoms with Gasteiger partial charge in [0.15, 0.2) is 0 Å². The van der Waals surface area contributed by atoms with Crippen molar-refractivity contribution in [2.24, 2.45) is 5.92 Å². The Labute approximate surface area is 93.4 Å². The number of carboxylic acids is 1. The summed E-state index contributed by atoms with van der Waals surface area (Å²) in [6.45, 7) is 3.86. The second kappa shape index (κ2) is 9.75. The van der Waals surface area contributed by atoms with Crippen molar-refractivity contribution in [3.8, 4) is 0 Å². The van der Waals surface area contributed by atoms with Crippen LogP contribution in [0.1, 0.15) is 58.8 Å². The number of unbranched alkanes of at least 4 members (excludes halogenated alkanes) is 6. The van der Waals surface area contributed by atoms with Gasteiger partial charge >= 0.3 is 0 Å². The quantitative estimate of drug-likeness (QED) is 0.434. The van der Waals surface area contributed by atoms with Crippen LogP contribution in [0, 0.1) is 5.92 Å². The van der Waals surface area contributed by atoms with Gasteiger partial charge in [-0.15, -0.1) is 0 Å². The largest absolute Gasteiger partial charge is 0.550 e. The van der Waals surface area contributed by atoms with E-state index in [4.69, 9.17) is 0 Å². The van der Waals surface area contributed by atoms with Gasteiger partial charge in [0.2, 0.25) is 0 Å². The zero-order valence-electron chi connectivity index (χ0n) is 10.00.